The number of hydrogen-bond acceptors (Lipinski definition) is 2. The summed E-state index contributed by atoms with van der Waals surface area (Å²) in [5.41, 5.74) is 1.72. The third kappa shape index (κ3) is 5.63. The van der Waals surface area contributed by atoms with E-state index in [1.807, 2.05) is 30.3 Å². The molecule has 0 radical (unpaired) electrons. The zero-order valence-corrected chi connectivity index (χ0v) is 11.4. The molecule has 1 aromatic carbocycles. The molecule has 0 spiro atoms. The number of nitrogens with one attached hydrogen (secondary N) is 1. The van der Waals surface area contributed by atoms with Gasteiger partial charge < -0.3 is 5.32 Å². The average Bonchev–Trinajstić information content (AvgIpc) is 2.76. The van der Waals surface area contributed by atoms with Gasteiger partial charge in [-0.3, -0.25) is 4.68 Å². The van der Waals surface area contributed by atoms with E-state index in [1.165, 1.54) is 6.20 Å². The third-order valence-corrected chi connectivity index (χ3v) is 2.52. The van der Waals surface area contributed by atoms with Crippen LogP contribution in [0.15, 0.2) is 42.6 Å². The van der Waals surface area contributed by atoms with Gasteiger partial charge in [-0.15, -0.1) is 12.4 Å². The molecule has 0 aliphatic carbocycles. The number of alkyl halides is 3. The van der Waals surface area contributed by atoms with Gasteiger partial charge in [-0.2, -0.15) is 18.3 Å². The maximum Gasteiger partial charge on any atom is 0.408 e. The number of nitrogens with zero attached hydrogens (tertiary/aromatic N) is 2. The van der Waals surface area contributed by atoms with Crippen molar-refractivity contribution in [1.29, 1.82) is 0 Å². The maximum atomic E-state index is 12.1. The normalized spacial score (nSPS) is 11.2. The van der Waals surface area contributed by atoms with Crippen LogP contribution >= 0.6 is 12.4 Å². The van der Waals surface area contributed by atoms with Crippen LogP contribution in [0.1, 0.15) is 11.3 Å². The van der Waals surface area contributed by atoms with Gasteiger partial charge in [0.2, 0.25) is 0 Å². The Hall–Kier alpha value is -1.53. The van der Waals surface area contributed by atoms with Crippen molar-refractivity contribution in [3.63, 3.8) is 0 Å². The highest BCUT2D eigenvalue weighted by atomic mass is 35.5. The van der Waals surface area contributed by atoms with E-state index in [-0.39, 0.29) is 12.4 Å². The summed E-state index contributed by atoms with van der Waals surface area (Å²) in [5, 5.41) is 7.00. The number of rotatable bonds is 5. The van der Waals surface area contributed by atoms with E-state index in [9.17, 15) is 13.2 Å². The van der Waals surface area contributed by atoms with Crippen LogP contribution < -0.4 is 5.32 Å². The van der Waals surface area contributed by atoms with Gasteiger partial charge >= 0.3 is 6.18 Å². The molecule has 0 fully saturated rings. The van der Waals surface area contributed by atoms with Crippen LogP contribution in [0, 0.1) is 0 Å². The van der Waals surface area contributed by atoms with Crippen molar-refractivity contribution < 1.29 is 13.2 Å². The van der Waals surface area contributed by atoms with E-state index in [1.54, 1.807) is 6.07 Å². The number of aromatic nitrogens is 2. The molecule has 110 valence electrons. The van der Waals surface area contributed by atoms with E-state index < -0.39 is 12.7 Å². The molecule has 0 unspecified atom stereocenters. The summed E-state index contributed by atoms with van der Waals surface area (Å²) in [4.78, 5) is 0. The van der Waals surface area contributed by atoms with E-state index >= 15 is 0 Å². The van der Waals surface area contributed by atoms with E-state index in [2.05, 4.69) is 10.4 Å². The average molecular weight is 306 g/mol. The maximum absolute atomic E-state index is 12.1. The molecular formula is C13H15ClF3N3. The predicted molar refractivity (Wildman–Crippen MR) is 72.5 cm³/mol. The molecule has 0 atom stereocenters. The number of halogens is 4. The summed E-state index contributed by atoms with van der Waals surface area (Å²) in [6.07, 6.45) is -2.90. The van der Waals surface area contributed by atoms with Gasteiger partial charge in [0.05, 0.1) is 5.69 Å². The summed E-state index contributed by atoms with van der Waals surface area (Å²) in [7, 11) is 0. The zero-order chi connectivity index (χ0) is 13.7. The minimum atomic E-state index is -4.24. The highest BCUT2D eigenvalue weighted by molar-refractivity contribution is 5.85. The Balaban J connectivity index is 0.00000200. The summed E-state index contributed by atoms with van der Waals surface area (Å²) in [6.45, 7) is 0.0540. The molecule has 0 bridgehead atoms. The Morgan fingerprint density at radius 3 is 2.40 bits per heavy atom. The summed E-state index contributed by atoms with van der Waals surface area (Å²) >= 11 is 0. The van der Waals surface area contributed by atoms with Crippen molar-refractivity contribution in [2.45, 2.75) is 25.8 Å². The highest BCUT2D eigenvalue weighted by Gasteiger charge is 2.28. The van der Waals surface area contributed by atoms with Crippen LogP contribution in [0.5, 0.6) is 0 Å². The molecule has 0 aliphatic rings. The van der Waals surface area contributed by atoms with Crippen LogP contribution in [0.4, 0.5) is 13.2 Å². The molecule has 1 aromatic heterocycles. The molecule has 0 saturated carbocycles. The zero-order valence-electron chi connectivity index (χ0n) is 10.6. The van der Waals surface area contributed by atoms with Crippen LogP contribution in [-0.2, 0) is 19.6 Å². The van der Waals surface area contributed by atoms with Gasteiger partial charge in [-0.1, -0.05) is 30.3 Å². The quantitative estimate of drug-likeness (QED) is 0.919. The Labute approximate surface area is 121 Å². The number of benzene rings is 1. The number of hydrogen-bond donors (Lipinski definition) is 1. The minimum absolute atomic E-state index is 0. The highest BCUT2D eigenvalue weighted by Crippen LogP contribution is 2.16. The lowest BCUT2D eigenvalue weighted by Gasteiger charge is -2.05. The second-order valence-electron chi connectivity index (χ2n) is 4.21. The largest absolute Gasteiger partial charge is 0.408 e. The summed E-state index contributed by atoms with van der Waals surface area (Å²) in [5.74, 6) is 0. The lowest BCUT2D eigenvalue weighted by atomic mass is 10.2. The van der Waals surface area contributed by atoms with Crippen molar-refractivity contribution in [3.8, 4) is 0 Å². The van der Waals surface area contributed by atoms with Crippen molar-refractivity contribution in [2.75, 3.05) is 0 Å². The van der Waals surface area contributed by atoms with Crippen LogP contribution in [0.3, 0.4) is 0 Å². The van der Waals surface area contributed by atoms with Gasteiger partial charge in [-0.25, -0.2) is 0 Å². The molecule has 7 heteroatoms. The Bertz CT molecular complexity index is 511. The fourth-order valence-electron chi connectivity index (χ4n) is 1.70. The lowest BCUT2D eigenvalue weighted by molar-refractivity contribution is -0.142. The van der Waals surface area contributed by atoms with Crippen molar-refractivity contribution in [2.24, 2.45) is 0 Å². The molecule has 0 saturated heterocycles. The van der Waals surface area contributed by atoms with Gasteiger partial charge in [0, 0.05) is 19.3 Å². The van der Waals surface area contributed by atoms with Gasteiger partial charge in [-0.05, 0) is 11.6 Å². The van der Waals surface area contributed by atoms with E-state index in [0.717, 1.165) is 10.2 Å². The molecule has 2 aromatic rings. The molecule has 1 N–H and O–H groups in total. The Kier molecular flexibility index (Phi) is 6.04. The Morgan fingerprint density at radius 1 is 1.05 bits per heavy atom. The van der Waals surface area contributed by atoms with Crippen LogP contribution in [0.25, 0.3) is 0 Å². The lowest BCUT2D eigenvalue weighted by Crippen LogP contribution is -2.19. The van der Waals surface area contributed by atoms with Crippen molar-refractivity contribution in [1.82, 2.24) is 15.1 Å². The molecule has 0 amide bonds. The smallest absolute Gasteiger partial charge is 0.307 e. The SMILES string of the molecule is Cl.FC(F)(F)Cn1ccc(CNCc2ccccc2)n1. The minimum Gasteiger partial charge on any atom is -0.307 e. The fourth-order valence-corrected chi connectivity index (χ4v) is 1.70. The van der Waals surface area contributed by atoms with Crippen molar-refractivity contribution >= 4 is 12.4 Å². The first-order valence-corrected chi connectivity index (χ1v) is 5.87. The molecule has 3 nitrogen and oxygen atoms in total. The molecule has 2 rings (SSSR count). The molecule has 1 heterocycles. The van der Waals surface area contributed by atoms with Crippen molar-refractivity contribution in [3.05, 3.63) is 53.9 Å². The first kappa shape index (κ1) is 16.5. The topological polar surface area (TPSA) is 29.9 Å². The van der Waals surface area contributed by atoms with Crippen LogP contribution in [0.2, 0.25) is 0 Å². The third-order valence-electron chi connectivity index (χ3n) is 2.52. The second-order valence-corrected chi connectivity index (χ2v) is 4.21. The summed E-state index contributed by atoms with van der Waals surface area (Å²) < 4.78 is 37.3. The van der Waals surface area contributed by atoms with Gasteiger partial charge in [0.1, 0.15) is 6.54 Å². The second kappa shape index (κ2) is 7.31. The van der Waals surface area contributed by atoms with Gasteiger partial charge in [0.25, 0.3) is 0 Å². The first-order valence-electron chi connectivity index (χ1n) is 5.87. The molecular weight excluding hydrogens is 291 g/mol. The monoisotopic (exact) mass is 305 g/mol. The fraction of sp³-hybridized carbons (Fsp3) is 0.308. The molecule has 0 aliphatic heterocycles. The van der Waals surface area contributed by atoms with Crippen LogP contribution in [-0.4, -0.2) is 16.0 Å². The standard InChI is InChI=1S/C13H14F3N3.ClH/c14-13(15,16)10-19-7-6-12(18-19)9-17-8-11-4-2-1-3-5-11;/h1-7,17H,8-10H2;1H. The molecule has 20 heavy (non-hydrogen) atoms. The van der Waals surface area contributed by atoms with Gasteiger partial charge in [0.15, 0.2) is 0 Å². The van der Waals surface area contributed by atoms with E-state index in [4.69, 9.17) is 0 Å². The Morgan fingerprint density at radius 2 is 1.75 bits per heavy atom. The first-order chi connectivity index (χ1) is 9.03. The summed E-state index contributed by atoms with van der Waals surface area (Å²) in [6, 6.07) is 11.4. The van der Waals surface area contributed by atoms with E-state index in [0.29, 0.717) is 18.8 Å². The predicted octanol–water partition coefficient (Wildman–Crippen LogP) is 3.16.